The topological polar surface area (TPSA) is 107 Å². The number of aromatic nitrogens is 1. The number of carbonyl (C=O) groups excluding carboxylic acids is 2. The van der Waals surface area contributed by atoms with Gasteiger partial charge in [-0.2, -0.15) is 0 Å². The fraction of sp³-hybridized carbons (Fsp3) is 0.167. The second kappa shape index (κ2) is 8.89. The van der Waals surface area contributed by atoms with Crippen LogP contribution in [0.3, 0.4) is 0 Å². The first-order valence-electron chi connectivity index (χ1n) is 10.1. The molecule has 4 aromatic rings. The fourth-order valence-corrected chi connectivity index (χ4v) is 3.57. The molecule has 0 aliphatic rings. The number of benzene rings is 2. The molecule has 0 radical (unpaired) electrons. The highest BCUT2D eigenvalue weighted by atomic mass is 16.5. The van der Waals surface area contributed by atoms with Gasteiger partial charge in [0.15, 0.2) is 5.58 Å². The minimum absolute atomic E-state index is 0.210. The molecule has 0 aliphatic carbocycles. The highest BCUT2D eigenvalue weighted by Gasteiger charge is 2.19. The zero-order valence-electron chi connectivity index (χ0n) is 17.0. The lowest BCUT2D eigenvalue weighted by Crippen LogP contribution is -2.29. The van der Waals surface area contributed by atoms with Crippen LogP contribution < -0.4 is 10.8 Å². The summed E-state index contributed by atoms with van der Waals surface area (Å²) in [4.78, 5) is 27.5. The zero-order chi connectivity index (χ0) is 21.8. The lowest BCUT2D eigenvalue weighted by atomic mass is 10.0. The summed E-state index contributed by atoms with van der Waals surface area (Å²) in [6.07, 6.45) is 1.61. The van der Waals surface area contributed by atoms with Crippen molar-refractivity contribution < 1.29 is 19.2 Å². The van der Waals surface area contributed by atoms with Crippen LogP contribution in [0, 0.1) is 0 Å². The van der Waals surface area contributed by atoms with E-state index in [9.17, 15) is 9.59 Å². The molecular weight excluding hydrogens is 394 g/mol. The van der Waals surface area contributed by atoms with Crippen LogP contribution in [0.25, 0.3) is 22.4 Å². The zero-order valence-corrected chi connectivity index (χ0v) is 17.0. The molecular formula is C24H23N3O4. The van der Waals surface area contributed by atoms with E-state index in [1.807, 2.05) is 43.3 Å². The molecule has 0 fully saturated rings. The smallest absolute Gasteiger partial charge is 0.274 e. The summed E-state index contributed by atoms with van der Waals surface area (Å²) >= 11 is 0. The first-order valence-corrected chi connectivity index (χ1v) is 10.1. The summed E-state index contributed by atoms with van der Waals surface area (Å²) in [6, 6.07) is 19.9. The number of carbonyl (C=O) groups is 2. The van der Waals surface area contributed by atoms with Crippen molar-refractivity contribution in [3.05, 3.63) is 83.6 Å². The Bertz CT molecular complexity index is 1160. The van der Waals surface area contributed by atoms with Gasteiger partial charge in [0.25, 0.3) is 11.8 Å². The van der Waals surface area contributed by atoms with E-state index in [1.54, 1.807) is 35.8 Å². The van der Waals surface area contributed by atoms with Crippen molar-refractivity contribution in [1.82, 2.24) is 15.8 Å². The number of hydrogen-bond acceptors (Lipinski definition) is 4. The van der Waals surface area contributed by atoms with Crippen molar-refractivity contribution >= 4 is 22.9 Å². The van der Waals surface area contributed by atoms with Crippen molar-refractivity contribution in [2.45, 2.75) is 25.8 Å². The average Bonchev–Trinajstić information content (AvgIpc) is 3.39. The van der Waals surface area contributed by atoms with Crippen molar-refractivity contribution in [1.29, 1.82) is 0 Å². The van der Waals surface area contributed by atoms with Crippen LogP contribution in [-0.2, 0) is 0 Å². The molecule has 158 valence electrons. The van der Waals surface area contributed by atoms with E-state index < -0.39 is 5.91 Å². The van der Waals surface area contributed by atoms with E-state index in [1.165, 1.54) is 0 Å². The number of nitrogens with one attached hydrogen (secondary N) is 3. The number of fused-ring (bicyclic) bond motifs is 1. The lowest BCUT2D eigenvalue weighted by molar-refractivity contribution is 0.0706. The van der Waals surface area contributed by atoms with Gasteiger partial charge in [0.2, 0.25) is 0 Å². The van der Waals surface area contributed by atoms with E-state index >= 15 is 0 Å². The summed E-state index contributed by atoms with van der Waals surface area (Å²) in [7, 11) is 0. The van der Waals surface area contributed by atoms with E-state index in [2.05, 4.69) is 10.3 Å². The van der Waals surface area contributed by atoms with Crippen molar-refractivity contribution in [3.63, 3.8) is 0 Å². The third-order valence-corrected chi connectivity index (χ3v) is 5.17. The molecule has 2 aromatic carbocycles. The molecule has 4 N–H and O–H groups in total. The highest BCUT2D eigenvalue weighted by Crippen LogP contribution is 2.28. The predicted molar refractivity (Wildman–Crippen MR) is 117 cm³/mol. The van der Waals surface area contributed by atoms with Gasteiger partial charge in [-0.1, -0.05) is 55.8 Å². The van der Waals surface area contributed by atoms with Gasteiger partial charge >= 0.3 is 0 Å². The number of H-pyrrole nitrogens is 1. The van der Waals surface area contributed by atoms with E-state index in [4.69, 9.17) is 9.62 Å². The van der Waals surface area contributed by atoms with E-state index in [0.29, 0.717) is 16.8 Å². The Morgan fingerprint density at radius 3 is 2.42 bits per heavy atom. The maximum atomic E-state index is 12.9. The lowest BCUT2D eigenvalue weighted by Gasteiger charge is -2.18. The highest BCUT2D eigenvalue weighted by molar-refractivity contribution is 5.97. The summed E-state index contributed by atoms with van der Waals surface area (Å²) < 4.78 is 5.90. The maximum Gasteiger partial charge on any atom is 0.274 e. The minimum atomic E-state index is -0.577. The van der Waals surface area contributed by atoms with Gasteiger partial charge in [0, 0.05) is 23.3 Å². The van der Waals surface area contributed by atoms with Gasteiger partial charge in [-0.25, -0.2) is 5.48 Å². The molecule has 2 heterocycles. The summed E-state index contributed by atoms with van der Waals surface area (Å²) in [5.41, 5.74) is 5.61. The molecule has 31 heavy (non-hydrogen) atoms. The molecule has 0 spiro atoms. The van der Waals surface area contributed by atoms with Crippen LogP contribution in [0.15, 0.2) is 71.1 Å². The molecule has 7 heteroatoms. The third kappa shape index (κ3) is 4.36. The van der Waals surface area contributed by atoms with Crippen LogP contribution in [0.1, 0.15) is 52.2 Å². The van der Waals surface area contributed by atoms with Gasteiger partial charge in [-0.05, 0) is 24.1 Å². The Labute approximate surface area is 179 Å². The molecule has 4 rings (SSSR count). The Balaban J connectivity index is 1.51. The van der Waals surface area contributed by atoms with Crippen LogP contribution in [0.2, 0.25) is 0 Å². The van der Waals surface area contributed by atoms with Crippen LogP contribution in [0.5, 0.6) is 0 Å². The monoisotopic (exact) mass is 417 g/mol. The summed E-state index contributed by atoms with van der Waals surface area (Å²) in [5, 5.41) is 11.8. The maximum absolute atomic E-state index is 12.9. The number of furan rings is 1. The van der Waals surface area contributed by atoms with Crippen molar-refractivity contribution in [2.75, 3.05) is 0 Å². The largest absolute Gasteiger partial charge is 0.454 e. The normalized spacial score (nSPS) is 11.9. The Kier molecular flexibility index (Phi) is 5.86. The number of hydrogen-bond donors (Lipinski definition) is 4. The molecule has 2 amide bonds. The van der Waals surface area contributed by atoms with E-state index in [0.717, 1.165) is 35.2 Å². The van der Waals surface area contributed by atoms with Crippen LogP contribution in [-0.4, -0.2) is 22.0 Å². The van der Waals surface area contributed by atoms with Gasteiger partial charge in [-0.3, -0.25) is 14.8 Å². The van der Waals surface area contributed by atoms with Gasteiger partial charge in [0.1, 0.15) is 11.5 Å². The molecule has 1 atom stereocenters. The minimum Gasteiger partial charge on any atom is -0.454 e. The summed E-state index contributed by atoms with van der Waals surface area (Å²) in [5.74, 6) is -0.0700. The number of amides is 2. The molecule has 0 bridgehead atoms. The first kappa shape index (κ1) is 20.4. The number of aromatic amines is 1. The van der Waals surface area contributed by atoms with Gasteiger partial charge in [0.05, 0.1) is 11.6 Å². The molecule has 0 saturated carbocycles. The molecule has 0 saturated heterocycles. The molecule has 7 nitrogen and oxygen atoms in total. The second-order valence-corrected chi connectivity index (χ2v) is 7.32. The Morgan fingerprint density at radius 1 is 1.03 bits per heavy atom. The van der Waals surface area contributed by atoms with E-state index in [-0.39, 0.29) is 11.9 Å². The average molecular weight is 417 g/mol. The summed E-state index contributed by atoms with van der Waals surface area (Å²) in [6.45, 7) is 2.04. The van der Waals surface area contributed by atoms with Gasteiger partial charge < -0.3 is 14.7 Å². The molecule has 2 aromatic heterocycles. The third-order valence-electron chi connectivity index (χ3n) is 5.17. The Morgan fingerprint density at radius 2 is 1.77 bits per heavy atom. The SMILES string of the molecule is CCCC(NC(=O)c1cc2oc(-c3ccccc3)cc2[nH]1)c1ccc(C(=O)NO)cc1. The fourth-order valence-electron chi connectivity index (χ4n) is 3.57. The number of rotatable bonds is 7. The molecule has 0 aliphatic heterocycles. The van der Waals surface area contributed by atoms with Crippen LogP contribution in [0.4, 0.5) is 0 Å². The predicted octanol–water partition coefficient (Wildman–Crippen LogP) is 4.82. The molecule has 1 unspecified atom stereocenters. The quantitative estimate of drug-likeness (QED) is 0.255. The standard InChI is InChI=1S/C24H23N3O4/c1-2-6-18(15-9-11-17(12-10-15)23(28)27-30)26-24(29)20-14-22-19(25-20)13-21(31-22)16-7-4-3-5-8-16/h3-5,7-14,18,25,30H,2,6H2,1H3,(H,26,29)(H,27,28). The van der Waals surface area contributed by atoms with Crippen molar-refractivity contribution in [3.8, 4) is 11.3 Å². The first-order chi connectivity index (χ1) is 15.1. The van der Waals surface area contributed by atoms with Crippen molar-refractivity contribution in [2.24, 2.45) is 0 Å². The Hall–Kier alpha value is -3.84. The van der Waals surface area contributed by atoms with Crippen LogP contribution >= 0.6 is 0 Å². The second-order valence-electron chi connectivity index (χ2n) is 7.32. The number of hydroxylamine groups is 1. The van der Waals surface area contributed by atoms with Gasteiger partial charge in [-0.15, -0.1) is 0 Å².